The molecular weight excluding hydrogens is 289 g/mol. The first-order chi connectivity index (χ1) is 6.62. The van der Waals surface area contributed by atoms with E-state index in [0.717, 1.165) is 22.1 Å². The Morgan fingerprint density at radius 3 is 3.00 bits per heavy atom. The number of rotatable bonds is 1. The molecule has 0 aliphatic heterocycles. The molecule has 2 unspecified atom stereocenters. The van der Waals surface area contributed by atoms with Crippen molar-refractivity contribution < 1.29 is 0 Å². The average Bonchev–Trinajstić information content (AvgIpc) is 2.48. The molecule has 1 aromatic rings. The minimum atomic E-state index is -0.209. The van der Waals surface area contributed by atoms with Crippen LogP contribution in [0.5, 0.6) is 0 Å². The van der Waals surface area contributed by atoms with Crippen molar-refractivity contribution in [3.63, 3.8) is 0 Å². The van der Waals surface area contributed by atoms with Crippen molar-refractivity contribution in [3.8, 4) is 0 Å². The Kier molecular flexibility index (Phi) is 2.74. The molecule has 1 aliphatic carbocycles. The molecule has 1 aromatic heterocycles. The molecular formula is C10H14IN3. The highest BCUT2D eigenvalue weighted by atomic mass is 127. The second-order valence-electron chi connectivity index (χ2n) is 4.22. The summed E-state index contributed by atoms with van der Waals surface area (Å²) in [5.74, 6) is 0.714. The van der Waals surface area contributed by atoms with Crippen molar-refractivity contribution in [2.45, 2.75) is 31.7 Å². The maximum absolute atomic E-state index is 6.38. The van der Waals surface area contributed by atoms with Crippen LogP contribution < -0.4 is 5.73 Å². The molecule has 2 N–H and O–H groups in total. The Morgan fingerprint density at radius 1 is 1.64 bits per heavy atom. The van der Waals surface area contributed by atoms with Gasteiger partial charge in [0.25, 0.3) is 0 Å². The molecule has 0 bridgehead atoms. The fourth-order valence-corrected chi connectivity index (χ4v) is 3.06. The summed E-state index contributed by atoms with van der Waals surface area (Å²) in [5, 5.41) is 0. The first-order valence-electron chi connectivity index (χ1n) is 4.87. The van der Waals surface area contributed by atoms with Gasteiger partial charge in [0.2, 0.25) is 0 Å². The summed E-state index contributed by atoms with van der Waals surface area (Å²) in [6.07, 6.45) is 6.72. The summed E-state index contributed by atoms with van der Waals surface area (Å²) in [6.45, 7) is 2.25. The average molecular weight is 303 g/mol. The first-order valence-corrected chi connectivity index (χ1v) is 5.94. The Morgan fingerprint density at radius 2 is 2.43 bits per heavy atom. The van der Waals surface area contributed by atoms with Gasteiger partial charge in [-0.1, -0.05) is 6.92 Å². The zero-order chi connectivity index (χ0) is 10.2. The summed E-state index contributed by atoms with van der Waals surface area (Å²) < 4.78 is 1.08. The Bertz CT molecular complexity index is 342. The van der Waals surface area contributed by atoms with Gasteiger partial charge >= 0.3 is 0 Å². The fraction of sp³-hybridized carbons (Fsp3) is 0.600. The van der Waals surface area contributed by atoms with Crippen LogP contribution in [0.1, 0.15) is 31.9 Å². The van der Waals surface area contributed by atoms with E-state index in [1.807, 2.05) is 6.20 Å². The van der Waals surface area contributed by atoms with Crippen LogP contribution in [-0.2, 0) is 5.54 Å². The van der Waals surface area contributed by atoms with Crippen molar-refractivity contribution in [3.05, 3.63) is 21.8 Å². The number of aromatic nitrogens is 2. The van der Waals surface area contributed by atoms with E-state index in [4.69, 9.17) is 5.73 Å². The normalized spacial score (nSPS) is 32.1. The van der Waals surface area contributed by atoms with Crippen molar-refractivity contribution in [1.82, 2.24) is 9.97 Å². The van der Waals surface area contributed by atoms with Crippen molar-refractivity contribution in [2.24, 2.45) is 11.7 Å². The molecule has 0 spiro atoms. The smallest absolute Gasteiger partial charge is 0.115 e. The van der Waals surface area contributed by atoms with Gasteiger partial charge in [0, 0.05) is 6.20 Å². The second kappa shape index (κ2) is 3.73. The van der Waals surface area contributed by atoms with Gasteiger partial charge in [0.15, 0.2) is 0 Å². The SMILES string of the molecule is CC1CCC(N)(c2ncncc2I)C1. The molecule has 0 amide bonds. The van der Waals surface area contributed by atoms with Crippen LogP contribution in [0.2, 0.25) is 0 Å². The lowest BCUT2D eigenvalue weighted by atomic mass is 9.93. The molecule has 3 nitrogen and oxygen atoms in total. The van der Waals surface area contributed by atoms with Gasteiger partial charge in [0.1, 0.15) is 6.33 Å². The van der Waals surface area contributed by atoms with Crippen LogP contribution in [0.15, 0.2) is 12.5 Å². The molecule has 4 heteroatoms. The topological polar surface area (TPSA) is 51.8 Å². The lowest BCUT2D eigenvalue weighted by Gasteiger charge is -2.24. The Labute approximate surface area is 97.7 Å². The van der Waals surface area contributed by atoms with E-state index in [9.17, 15) is 0 Å². The van der Waals surface area contributed by atoms with Gasteiger partial charge in [-0.25, -0.2) is 9.97 Å². The number of hydrogen-bond acceptors (Lipinski definition) is 3. The van der Waals surface area contributed by atoms with Crippen LogP contribution in [0.4, 0.5) is 0 Å². The number of nitrogens with two attached hydrogens (primary N) is 1. The molecule has 1 saturated carbocycles. The summed E-state index contributed by atoms with van der Waals surface area (Å²) in [4.78, 5) is 8.32. The number of hydrogen-bond donors (Lipinski definition) is 1. The van der Waals surface area contributed by atoms with Gasteiger partial charge in [-0.05, 0) is 47.8 Å². The zero-order valence-corrected chi connectivity index (χ0v) is 10.4. The quantitative estimate of drug-likeness (QED) is 0.808. The largest absolute Gasteiger partial charge is 0.320 e. The van der Waals surface area contributed by atoms with Crippen LogP contribution in [-0.4, -0.2) is 9.97 Å². The first kappa shape index (κ1) is 10.3. The Hall–Kier alpha value is -0.230. The fourth-order valence-electron chi connectivity index (χ4n) is 2.22. The number of nitrogens with zero attached hydrogens (tertiary/aromatic N) is 2. The molecule has 1 aliphatic rings. The van der Waals surface area contributed by atoms with E-state index in [2.05, 4.69) is 39.5 Å². The van der Waals surface area contributed by atoms with Crippen LogP contribution in [0.3, 0.4) is 0 Å². The molecule has 0 saturated heterocycles. The molecule has 1 heterocycles. The van der Waals surface area contributed by atoms with E-state index in [-0.39, 0.29) is 5.54 Å². The second-order valence-corrected chi connectivity index (χ2v) is 5.39. The molecule has 1 fully saturated rings. The van der Waals surface area contributed by atoms with Gasteiger partial charge in [-0.3, -0.25) is 0 Å². The van der Waals surface area contributed by atoms with E-state index in [1.165, 1.54) is 6.42 Å². The molecule has 76 valence electrons. The molecule has 0 radical (unpaired) electrons. The van der Waals surface area contributed by atoms with Crippen molar-refractivity contribution in [2.75, 3.05) is 0 Å². The number of halogens is 1. The van der Waals surface area contributed by atoms with Gasteiger partial charge in [-0.2, -0.15) is 0 Å². The predicted octanol–water partition coefficient (Wildman–Crippen LogP) is 2.06. The van der Waals surface area contributed by atoms with Gasteiger partial charge < -0.3 is 5.73 Å². The Balaban J connectivity index is 2.35. The van der Waals surface area contributed by atoms with Crippen LogP contribution in [0, 0.1) is 9.49 Å². The minimum Gasteiger partial charge on any atom is -0.320 e. The third kappa shape index (κ3) is 1.77. The summed E-state index contributed by atoms with van der Waals surface area (Å²) in [7, 11) is 0. The standard InChI is InChI=1S/C10H14IN3/c1-7-2-3-10(12,4-7)9-8(11)5-13-6-14-9/h5-7H,2-4,12H2,1H3. The van der Waals surface area contributed by atoms with Crippen LogP contribution >= 0.6 is 22.6 Å². The zero-order valence-electron chi connectivity index (χ0n) is 8.20. The van der Waals surface area contributed by atoms with Gasteiger partial charge in [0.05, 0.1) is 14.8 Å². The van der Waals surface area contributed by atoms with Crippen molar-refractivity contribution >= 4 is 22.6 Å². The monoisotopic (exact) mass is 303 g/mol. The van der Waals surface area contributed by atoms with Crippen molar-refractivity contribution in [1.29, 1.82) is 0 Å². The minimum absolute atomic E-state index is 0.209. The summed E-state index contributed by atoms with van der Waals surface area (Å²) in [6, 6.07) is 0. The summed E-state index contributed by atoms with van der Waals surface area (Å²) in [5.41, 5.74) is 7.19. The molecule has 2 rings (SSSR count). The van der Waals surface area contributed by atoms with E-state index < -0.39 is 0 Å². The highest BCUT2D eigenvalue weighted by molar-refractivity contribution is 14.1. The third-order valence-corrected chi connectivity index (χ3v) is 3.72. The molecule has 2 atom stereocenters. The highest BCUT2D eigenvalue weighted by Crippen LogP contribution is 2.40. The maximum Gasteiger partial charge on any atom is 0.115 e. The molecule has 14 heavy (non-hydrogen) atoms. The highest BCUT2D eigenvalue weighted by Gasteiger charge is 2.37. The van der Waals surface area contributed by atoms with Gasteiger partial charge in [-0.15, -0.1) is 0 Å². The van der Waals surface area contributed by atoms with E-state index in [0.29, 0.717) is 5.92 Å². The molecule has 0 aromatic carbocycles. The summed E-state index contributed by atoms with van der Waals surface area (Å²) >= 11 is 2.26. The maximum atomic E-state index is 6.38. The predicted molar refractivity (Wildman–Crippen MR) is 63.6 cm³/mol. The third-order valence-electron chi connectivity index (χ3n) is 2.94. The lowest BCUT2D eigenvalue weighted by molar-refractivity contribution is 0.424. The lowest BCUT2D eigenvalue weighted by Crippen LogP contribution is -2.35. The van der Waals surface area contributed by atoms with E-state index in [1.54, 1.807) is 6.33 Å². The van der Waals surface area contributed by atoms with Crippen LogP contribution in [0.25, 0.3) is 0 Å². The van der Waals surface area contributed by atoms with E-state index >= 15 is 0 Å².